The number of sulfone groups is 1. The Hall–Kier alpha value is -1.54. The first-order chi connectivity index (χ1) is 9.74. The number of esters is 1. The standard InChI is InChI=1S/C13H16O6S2/c1-3-19-13(15)8-10(14)9-20(16)11-4-6-12(7-5-11)21(2,17)18/h4-7H,3,8-9H2,1-2H3. The van der Waals surface area contributed by atoms with Gasteiger partial charge in [-0.3, -0.25) is 13.8 Å². The molecule has 0 spiro atoms. The molecule has 0 bridgehead atoms. The molecule has 1 aromatic carbocycles. The number of Topliss-reactive ketones (excluding diaryl/α,β-unsaturated/α-hetero) is 1. The minimum atomic E-state index is -3.32. The largest absolute Gasteiger partial charge is 0.466 e. The van der Waals surface area contributed by atoms with Crippen molar-refractivity contribution in [2.45, 2.75) is 23.1 Å². The number of hydrogen-bond donors (Lipinski definition) is 0. The molecule has 0 N–H and O–H groups in total. The lowest BCUT2D eigenvalue weighted by Crippen LogP contribution is -2.17. The van der Waals surface area contributed by atoms with E-state index in [4.69, 9.17) is 0 Å². The summed E-state index contributed by atoms with van der Waals surface area (Å²) >= 11 is 0. The van der Waals surface area contributed by atoms with E-state index in [1.165, 1.54) is 24.3 Å². The highest BCUT2D eigenvalue weighted by Gasteiger charge is 2.15. The fraction of sp³-hybridized carbons (Fsp3) is 0.385. The van der Waals surface area contributed by atoms with Crippen molar-refractivity contribution in [1.82, 2.24) is 0 Å². The monoisotopic (exact) mass is 332 g/mol. The van der Waals surface area contributed by atoms with Gasteiger partial charge in [0.05, 0.1) is 28.1 Å². The number of carbonyl (C=O) groups is 2. The van der Waals surface area contributed by atoms with Crippen molar-refractivity contribution in [3.8, 4) is 0 Å². The van der Waals surface area contributed by atoms with Gasteiger partial charge in [0.2, 0.25) is 0 Å². The molecular formula is C13H16O6S2. The van der Waals surface area contributed by atoms with E-state index in [0.717, 1.165) is 6.26 Å². The maximum absolute atomic E-state index is 11.9. The smallest absolute Gasteiger partial charge is 0.313 e. The molecule has 1 rings (SSSR count). The summed E-state index contributed by atoms with van der Waals surface area (Å²) < 4.78 is 39.2. The van der Waals surface area contributed by atoms with Gasteiger partial charge in [0.1, 0.15) is 6.42 Å². The third-order valence-electron chi connectivity index (χ3n) is 2.45. The molecular weight excluding hydrogens is 316 g/mol. The van der Waals surface area contributed by atoms with Crippen LogP contribution in [0.15, 0.2) is 34.1 Å². The second-order valence-corrected chi connectivity index (χ2v) is 7.72. The molecule has 116 valence electrons. The molecule has 0 aliphatic heterocycles. The molecule has 1 aromatic rings. The summed E-state index contributed by atoms with van der Waals surface area (Å²) in [7, 11) is -4.94. The highest BCUT2D eigenvalue weighted by atomic mass is 32.2. The van der Waals surface area contributed by atoms with Crippen molar-refractivity contribution in [1.29, 1.82) is 0 Å². The molecule has 0 heterocycles. The molecule has 21 heavy (non-hydrogen) atoms. The van der Waals surface area contributed by atoms with E-state index < -0.39 is 38.8 Å². The van der Waals surface area contributed by atoms with E-state index in [9.17, 15) is 22.2 Å². The summed E-state index contributed by atoms with van der Waals surface area (Å²) in [5, 5.41) is 0. The Bertz CT molecular complexity index is 646. The molecule has 0 saturated heterocycles. The van der Waals surface area contributed by atoms with Gasteiger partial charge in [0, 0.05) is 11.2 Å². The maximum atomic E-state index is 11.9. The zero-order valence-electron chi connectivity index (χ0n) is 11.7. The quantitative estimate of drug-likeness (QED) is 0.539. The van der Waals surface area contributed by atoms with Crippen LogP contribution in [0.2, 0.25) is 0 Å². The maximum Gasteiger partial charge on any atom is 0.313 e. The van der Waals surface area contributed by atoms with Crippen LogP contribution in [-0.2, 0) is 35.0 Å². The normalized spacial score (nSPS) is 12.7. The van der Waals surface area contributed by atoms with Gasteiger partial charge in [-0.15, -0.1) is 0 Å². The third kappa shape index (κ3) is 5.76. The number of carbonyl (C=O) groups excluding carboxylic acids is 2. The van der Waals surface area contributed by atoms with Crippen LogP contribution in [0.3, 0.4) is 0 Å². The van der Waals surface area contributed by atoms with Crippen molar-refractivity contribution in [2.75, 3.05) is 18.6 Å². The van der Waals surface area contributed by atoms with E-state index in [1.807, 2.05) is 0 Å². The summed E-state index contributed by atoms with van der Waals surface area (Å²) in [6.45, 7) is 1.81. The number of benzene rings is 1. The van der Waals surface area contributed by atoms with Gasteiger partial charge in [-0.2, -0.15) is 0 Å². The van der Waals surface area contributed by atoms with Crippen LogP contribution < -0.4 is 0 Å². The van der Waals surface area contributed by atoms with E-state index in [1.54, 1.807) is 6.92 Å². The second kappa shape index (κ2) is 7.46. The molecule has 0 radical (unpaired) electrons. The van der Waals surface area contributed by atoms with Crippen molar-refractivity contribution in [3.05, 3.63) is 24.3 Å². The topological polar surface area (TPSA) is 94.6 Å². The number of ether oxygens (including phenoxy) is 1. The molecule has 0 aromatic heterocycles. The van der Waals surface area contributed by atoms with Crippen LogP contribution >= 0.6 is 0 Å². The second-order valence-electron chi connectivity index (χ2n) is 4.25. The first kappa shape index (κ1) is 17.5. The Morgan fingerprint density at radius 3 is 2.24 bits per heavy atom. The zero-order valence-corrected chi connectivity index (χ0v) is 13.3. The lowest BCUT2D eigenvalue weighted by atomic mass is 10.3. The van der Waals surface area contributed by atoms with Crippen LogP contribution in [0.25, 0.3) is 0 Å². The lowest BCUT2D eigenvalue weighted by Gasteiger charge is -2.04. The van der Waals surface area contributed by atoms with E-state index >= 15 is 0 Å². The fourth-order valence-corrected chi connectivity index (χ4v) is 3.12. The Morgan fingerprint density at radius 1 is 1.19 bits per heavy atom. The Labute approximate surface area is 125 Å². The minimum absolute atomic E-state index is 0.112. The molecule has 0 aliphatic rings. The van der Waals surface area contributed by atoms with Crippen molar-refractivity contribution < 1.29 is 27.0 Å². The van der Waals surface area contributed by atoms with E-state index in [0.29, 0.717) is 4.90 Å². The van der Waals surface area contributed by atoms with E-state index in [2.05, 4.69) is 4.74 Å². The SMILES string of the molecule is CCOC(=O)CC(=O)CS(=O)c1ccc(S(C)(=O)=O)cc1. The number of ketones is 1. The predicted octanol–water partition coefficient (Wildman–Crippen LogP) is 0.720. The van der Waals surface area contributed by atoms with Gasteiger partial charge >= 0.3 is 5.97 Å². The number of hydrogen-bond acceptors (Lipinski definition) is 6. The first-order valence-electron chi connectivity index (χ1n) is 6.10. The van der Waals surface area contributed by atoms with Crippen molar-refractivity contribution in [2.24, 2.45) is 0 Å². The lowest BCUT2D eigenvalue weighted by molar-refractivity contribution is -0.145. The summed E-state index contributed by atoms with van der Waals surface area (Å²) in [6.07, 6.45) is 0.656. The molecule has 0 amide bonds. The predicted molar refractivity (Wildman–Crippen MR) is 77.1 cm³/mol. The van der Waals surface area contributed by atoms with Gasteiger partial charge in [-0.25, -0.2) is 8.42 Å². The van der Waals surface area contributed by atoms with E-state index in [-0.39, 0.29) is 17.3 Å². The number of rotatable bonds is 7. The zero-order chi connectivity index (χ0) is 16.0. The molecule has 8 heteroatoms. The van der Waals surface area contributed by atoms with Gasteiger partial charge in [0.25, 0.3) is 0 Å². The average molecular weight is 332 g/mol. The van der Waals surface area contributed by atoms with Crippen LogP contribution in [-0.4, -0.2) is 43.0 Å². The molecule has 0 saturated carbocycles. The van der Waals surface area contributed by atoms with Gasteiger partial charge in [-0.05, 0) is 31.2 Å². The Kier molecular flexibility index (Phi) is 6.22. The van der Waals surface area contributed by atoms with Crippen LogP contribution in [0.1, 0.15) is 13.3 Å². The highest BCUT2D eigenvalue weighted by molar-refractivity contribution is 7.90. The molecule has 1 unspecified atom stereocenters. The highest BCUT2D eigenvalue weighted by Crippen LogP contribution is 2.13. The molecule has 1 atom stereocenters. The third-order valence-corrected chi connectivity index (χ3v) is 4.96. The Morgan fingerprint density at radius 2 is 1.76 bits per heavy atom. The summed E-state index contributed by atoms with van der Waals surface area (Å²) in [4.78, 5) is 23.1. The van der Waals surface area contributed by atoms with Gasteiger partial charge in [0.15, 0.2) is 15.6 Å². The van der Waals surface area contributed by atoms with Crippen molar-refractivity contribution >= 4 is 32.4 Å². The minimum Gasteiger partial charge on any atom is -0.466 e. The summed E-state index contributed by atoms with van der Waals surface area (Å²) in [5.74, 6) is -1.44. The fourth-order valence-electron chi connectivity index (χ4n) is 1.49. The van der Waals surface area contributed by atoms with Crippen LogP contribution in [0.5, 0.6) is 0 Å². The van der Waals surface area contributed by atoms with Gasteiger partial charge in [-0.1, -0.05) is 0 Å². The molecule has 0 fully saturated rings. The van der Waals surface area contributed by atoms with Crippen molar-refractivity contribution in [3.63, 3.8) is 0 Å². The molecule has 6 nitrogen and oxygen atoms in total. The average Bonchev–Trinajstić information content (AvgIpc) is 2.37. The van der Waals surface area contributed by atoms with Gasteiger partial charge < -0.3 is 4.74 Å². The van der Waals surface area contributed by atoms with Crippen LogP contribution in [0.4, 0.5) is 0 Å². The van der Waals surface area contributed by atoms with Crippen LogP contribution in [0, 0.1) is 0 Å². The first-order valence-corrected chi connectivity index (χ1v) is 9.31. The molecule has 0 aliphatic carbocycles. The summed E-state index contributed by atoms with van der Waals surface area (Å²) in [5.41, 5.74) is 0. The summed E-state index contributed by atoms with van der Waals surface area (Å²) in [6, 6.07) is 5.45. The Balaban J connectivity index is 2.68.